The van der Waals surface area contributed by atoms with Gasteiger partial charge in [0.25, 0.3) is 5.91 Å². The minimum absolute atomic E-state index is 0.00128. The number of nitrogens with zero attached hydrogens (tertiary/aromatic N) is 5. The second-order valence-electron chi connectivity index (χ2n) is 8.83. The van der Waals surface area contributed by atoms with Crippen molar-refractivity contribution < 1.29 is 17.6 Å². The molecule has 0 atom stereocenters. The predicted octanol–water partition coefficient (Wildman–Crippen LogP) is 3.19. The number of sulfonamides is 1. The molecule has 2 aliphatic rings. The molecule has 11 heteroatoms. The first-order valence-electron chi connectivity index (χ1n) is 11.5. The lowest BCUT2D eigenvalue weighted by Crippen LogP contribution is -2.27. The molecule has 0 aliphatic carbocycles. The standard InChI is InChI=1S/C23H27FN6O3S/c1-28-15-17(34(32,33)29-10-5-6-11-29)14-20(28)23(31)25-19-13-16(8-9-18(19)24)22-27-26-21-7-3-2-4-12-30(21)22/h8-9,13-15H,2-7,10-12H2,1H3,(H,25,31). The normalized spacial score (nSPS) is 16.9. The lowest BCUT2D eigenvalue weighted by Gasteiger charge is -2.13. The topological polar surface area (TPSA) is 102 Å². The van der Waals surface area contributed by atoms with Gasteiger partial charge in [0.05, 0.1) is 5.69 Å². The van der Waals surface area contributed by atoms with E-state index in [-0.39, 0.29) is 16.3 Å². The van der Waals surface area contributed by atoms with Gasteiger partial charge >= 0.3 is 0 Å². The molecular weight excluding hydrogens is 459 g/mol. The third-order valence-corrected chi connectivity index (χ3v) is 8.36. The Morgan fingerprint density at radius 2 is 1.79 bits per heavy atom. The molecule has 180 valence electrons. The Hall–Kier alpha value is -3.05. The van der Waals surface area contributed by atoms with E-state index in [1.165, 1.54) is 27.2 Å². The van der Waals surface area contributed by atoms with Gasteiger partial charge in [0.15, 0.2) is 5.82 Å². The van der Waals surface area contributed by atoms with Gasteiger partial charge < -0.3 is 14.5 Å². The maximum atomic E-state index is 14.6. The van der Waals surface area contributed by atoms with E-state index in [2.05, 4.69) is 20.1 Å². The first kappa shape index (κ1) is 22.7. The highest BCUT2D eigenvalue weighted by atomic mass is 32.2. The average Bonchev–Trinajstić information content (AvgIpc) is 3.54. The summed E-state index contributed by atoms with van der Waals surface area (Å²) in [5, 5.41) is 11.2. The van der Waals surface area contributed by atoms with Crippen molar-refractivity contribution in [1.82, 2.24) is 23.6 Å². The highest BCUT2D eigenvalue weighted by Gasteiger charge is 2.29. The van der Waals surface area contributed by atoms with Crippen LogP contribution in [0.25, 0.3) is 11.4 Å². The summed E-state index contributed by atoms with van der Waals surface area (Å²) in [6.07, 6.45) is 7.14. The zero-order valence-corrected chi connectivity index (χ0v) is 19.8. The Balaban J connectivity index is 1.41. The van der Waals surface area contributed by atoms with Gasteiger partial charge in [-0.3, -0.25) is 4.79 Å². The van der Waals surface area contributed by atoms with Crippen LogP contribution in [0.15, 0.2) is 35.4 Å². The van der Waals surface area contributed by atoms with Gasteiger partial charge in [0, 0.05) is 44.9 Å². The second kappa shape index (κ2) is 8.95. The third kappa shape index (κ3) is 4.14. The number of halogens is 1. The van der Waals surface area contributed by atoms with E-state index < -0.39 is 21.7 Å². The van der Waals surface area contributed by atoms with E-state index >= 15 is 0 Å². The van der Waals surface area contributed by atoms with Crippen LogP contribution in [0.1, 0.15) is 48.4 Å². The van der Waals surface area contributed by atoms with Crippen molar-refractivity contribution >= 4 is 21.6 Å². The summed E-state index contributed by atoms with van der Waals surface area (Å²) in [6.45, 7) is 1.75. The van der Waals surface area contributed by atoms with Crippen molar-refractivity contribution in [3.05, 3.63) is 47.8 Å². The highest BCUT2D eigenvalue weighted by molar-refractivity contribution is 7.89. The van der Waals surface area contributed by atoms with E-state index in [9.17, 15) is 17.6 Å². The van der Waals surface area contributed by atoms with Crippen LogP contribution < -0.4 is 5.32 Å². The fourth-order valence-corrected chi connectivity index (χ4v) is 6.21. The smallest absolute Gasteiger partial charge is 0.272 e. The molecule has 4 heterocycles. The van der Waals surface area contributed by atoms with Gasteiger partial charge in [0.2, 0.25) is 10.0 Å². The van der Waals surface area contributed by atoms with Crippen molar-refractivity contribution in [2.75, 3.05) is 18.4 Å². The van der Waals surface area contributed by atoms with Crippen LogP contribution in [-0.2, 0) is 30.0 Å². The molecule has 1 amide bonds. The van der Waals surface area contributed by atoms with Gasteiger partial charge in [-0.05, 0) is 49.9 Å². The largest absolute Gasteiger partial charge is 0.345 e. The number of hydrogen-bond acceptors (Lipinski definition) is 5. The summed E-state index contributed by atoms with van der Waals surface area (Å²) in [7, 11) is -2.07. The van der Waals surface area contributed by atoms with E-state index in [0.29, 0.717) is 24.5 Å². The first-order valence-corrected chi connectivity index (χ1v) is 13.0. The number of benzene rings is 1. The highest BCUT2D eigenvalue weighted by Crippen LogP contribution is 2.28. The molecule has 0 radical (unpaired) electrons. The van der Waals surface area contributed by atoms with E-state index in [0.717, 1.165) is 50.9 Å². The molecule has 2 aliphatic heterocycles. The van der Waals surface area contributed by atoms with Gasteiger partial charge in [-0.1, -0.05) is 6.42 Å². The molecule has 0 bridgehead atoms. The maximum absolute atomic E-state index is 14.6. The summed E-state index contributed by atoms with van der Waals surface area (Å²) in [6, 6.07) is 5.79. The molecule has 2 aromatic heterocycles. The number of anilines is 1. The molecule has 0 spiro atoms. The van der Waals surface area contributed by atoms with Crippen LogP contribution in [0.2, 0.25) is 0 Å². The van der Waals surface area contributed by atoms with Crippen LogP contribution in [0, 0.1) is 5.82 Å². The number of carbonyl (C=O) groups is 1. The second-order valence-corrected chi connectivity index (χ2v) is 10.8. The van der Waals surface area contributed by atoms with E-state index in [1.54, 1.807) is 19.2 Å². The van der Waals surface area contributed by atoms with Crippen molar-refractivity contribution in [2.45, 2.75) is 50.0 Å². The van der Waals surface area contributed by atoms with Crippen molar-refractivity contribution in [3.8, 4) is 11.4 Å². The van der Waals surface area contributed by atoms with Crippen molar-refractivity contribution in [2.24, 2.45) is 7.05 Å². The van der Waals surface area contributed by atoms with Crippen molar-refractivity contribution in [3.63, 3.8) is 0 Å². The Labute approximate surface area is 197 Å². The third-order valence-electron chi connectivity index (χ3n) is 6.50. The number of fused-ring (bicyclic) bond motifs is 1. The van der Waals surface area contributed by atoms with E-state index in [4.69, 9.17) is 0 Å². The summed E-state index contributed by atoms with van der Waals surface area (Å²) >= 11 is 0. The summed E-state index contributed by atoms with van der Waals surface area (Å²) in [5.74, 6) is 0.372. The fourth-order valence-electron chi connectivity index (χ4n) is 4.62. The molecule has 34 heavy (non-hydrogen) atoms. The molecule has 0 unspecified atom stereocenters. The zero-order valence-electron chi connectivity index (χ0n) is 19.0. The average molecular weight is 487 g/mol. The van der Waals surface area contributed by atoms with Crippen molar-refractivity contribution in [1.29, 1.82) is 0 Å². The Bertz CT molecular complexity index is 1340. The first-order chi connectivity index (χ1) is 16.3. The lowest BCUT2D eigenvalue weighted by molar-refractivity contribution is 0.101. The van der Waals surface area contributed by atoms with Crippen LogP contribution in [-0.4, -0.2) is 51.1 Å². The molecule has 1 fully saturated rings. The number of amides is 1. The van der Waals surface area contributed by atoms with Gasteiger partial charge in [-0.15, -0.1) is 10.2 Å². The molecule has 1 saturated heterocycles. The Morgan fingerprint density at radius 3 is 2.59 bits per heavy atom. The van der Waals surface area contributed by atoms with Crippen LogP contribution >= 0.6 is 0 Å². The van der Waals surface area contributed by atoms with Crippen LogP contribution in [0.3, 0.4) is 0 Å². The summed E-state index contributed by atoms with van der Waals surface area (Å²) in [4.78, 5) is 13.0. The SMILES string of the molecule is Cn1cc(S(=O)(=O)N2CCCC2)cc1C(=O)Nc1cc(-c2nnc3n2CCCCC3)ccc1F. The maximum Gasteiger partial charge on any atom is 0.272 e. The lowest BCUT2D eigenvalue weighted by atomic mass is 10.1. The van der Waals surface area contributed by atoms with Crippen LogP contribution in [0.4, 0.5) is 10.1 Å². The van der Waals surface area contributed by atoms with Gasteiger partial charge in [-0.2, -0.15) is 4.31 Å². The minimum Gasteiger partial charge on any atom is -0.345 e. The summed E-state index contributed by atoms with van der Waals surface area (Å²) in [5.41, 5.74) is 0.777. The molecule has 9 nitrogen and oxygen atoms in total. The number of nitrogens with one attached hydrogen (secondary N) is 1. The van der Waals surface area contributed by atoms with E-state index in [1.807, 2.05) is 0 Å². The summed E-state index contributed by atoms with van der Waals surface area (Å²) < 4.78 is 45.3. The minimum atomic E-state index is -3.66. The number of hydrogen-bond donors (Lipinski definition) is 1. The molecule has 1 aromatic carbocycles. The number of aromatic nitrogens is 4. The Morgan fingerprint density at radius 1 is 1.03 bits per heavy atom. The zero-order chi connectivity index (χ0) is 23.9. The van der Waals surface area contributed by atoms with Crippen LogP contribution in [0.5, 0.6) is 0 Å². The molecular formula is C23H27FN6O3S. The quantitative estimate of drug-likeness (QED) is 0.597. The number of aryl methyl sites for hydroxylation is 2. The molecule has 5 rings (SSSR count). The molecule has 0 saturated carbocycles. The fraction of sp³-hybridized carbons (Fsp3) is 0.435. The number of rotatable bonds is 5. The number of carbonyl (C=O) groups excluding carboxylic acids is 1. The monoisotopic (exact) mass is 486 g/mol. The molecule has 1 N–H and O–H groups in total. The Kier molecular flexibility index (Phi) is 5.98. The van der Waals surface area contributed by atoms with Gasteiger partial charge in [-0.25, -0.2) is 12.8 Å². The molecule has 3 aromatic rings. The van der Waals surface area contributed by atoms with Gasteiger partial charge in [0.1, 0.15) is 22.2 Å². The predicted molar refractivity (Wildman–Crippen MR) is 124 cm³/mol.